The van der Waals surface area contributed by atoms with Gasteiger partial charge in [0.25, 0.3) is 0 Å². The molecule has 6 nitrogen and oxygen atoms in total. The van der Waals surface area contributed by atoms with Gasteiger partial charge >= 0.3 is 0 Å². The lowest BCUT2D eigenvalue weighted by molar-refractivity contribution is -0.119. The highest BCUT2D eigenvalue weighted by atomic mass is 35.5. The molecule has 9 heteroatoms. The fourth-order valence-electron chi connectivity index (χ4n) is 2.91. The zero-order valence-electron chi connectivity index (χ0n) is 15.2. The number of nitrogens with one attached hydrogen (secondary N) is 1. The molecule has 1 heterocycles. The standard InChI is InChI=1S/C19H20Cl2N2O4S/c1-13(24)22-11-14-2-5-17(6-3-14)28(25,26)23-9-8-16(12-23)27-15-4-7-18(20)19(21)10-15/h2-7,10,16H,8-9,11-12H2,1H3,(H,22,24). The monoisotopic (exact) mass is 442 g/mol. The third-order valence-electron chi connectivity index (χ3n) is 4.40. The average molecular weight is 443 g/mol. The number of sulfonamides is 1. The van der Waals surface area contributed by atoms with Crippen LogP contribution in [0.15, 0.2) is 47.4 Å². The Hall–Kier alpha value is -1.80. The molecule has 28 heavy (non-hydrogen) atoms. The van der Waals surface area contributed by atoms with Gasteiger partial charge in [0.05, 0.1) is 21.5 Å². The summed E-state index contributed by atoms with van der Waals surface area (Å²) in [6.07, 6.45) is 0.325. The fraction of sp³-hybridized carbons (Fsp3) is 0.316. The number of nitrogens with zero attached hydrogens (tertiary/aromatic N) is 1. The first-order chi connectivity index (χ1) is 13.3. The highest BCUT2D eigenvalue weighted by molar-refractivity contribution is 7.89. The van der Waals surface area contributed by atoms with E-state index in [1.807, 2.05) is 0 Å². The summed E-state index contributed by atoms with van der Waals surface area (Å²) in [5, 5.41) is 3.50. The Morgan fingerprint density at radius 3 is 2.54 bits per heavy atom. The predicted octanol–water partition coefficient (Wildman–Crippen LogP) is 3.47. The Morgan fingerprint density at radius 2 is 1.89 bits per heavy atom. The third-order valence-corrected chi connectivity index (χ3v) is 7.02. The van der Waals surface area contributed by atoms with Crippen molar-refractivity contribution in [3.63, 3.8) is 0 Å². The van der Waals surface area contributed by atoms with Crippen LogP contribution in [0.1, 0.15) is 18.9 Å². The number of hydrogen-bond acceptors (Lipinski definition) is 4. The highest BCUT2D eigenvalue weighted by Crippen LogP contribution is 2.29. The molecule has 1 fully saturated rings. The molecule has 1 saturated heterocycles. The van der Waals surface area contributed by atoms with Crippen LogP contribution in [-0.4, -0.2) is 37.8 Å². The van der Waals surface area contributed by atoms with Gasteiger partial charge in [-0.2, -0.15) is 4.31 Å². The summed E-state index contributed by atoms with van der Waals surface area (Å²) in [6, 6.07) is 11.5. The molecular weight excluding hydrogens is 423 g/mol. The predicted molar refractivity (Wildman–Crippen MR) is 108 cm³/mol. The van der Waals surface area contributed by atoms with E-state index in [-0.39, 0.29) is 23.5 Å². The van der Waals surface area contributed by atoms with Crippen LogP contribution in [-0.2, 0) is 21.4 Å². The molecule has 150 valence electrons. The molecule has 0 aliphatic carbocycles. The van der Waals surface area contributed by atoms with E-state index in [0.717, 1.165) is 5.56 Å². The zero-order valence-corrected chi connectivity index (χ0v) is 17.5. The molecule has 1 aliphatic heterocycles. The van der Waals surface area contributed by atoms with Crippen molar-refractivity contribution >= 4 is 39.1 Å². The largest absolute Gasteiger partial charge is 0.489 e. The molecule has 2 aromatic carbocycles. The summed E-state index contributed by atoms with van der Waals surface area (Å²) in [7, 11) is -3.61. The zero-order chi connectivity index (χ0) is 20.3. The summed E-state index contributed by atoms with van der Waals surface area (Å²) in [5.74, 6) is 0.419. The van der Waals surface area contributed by atoms with Gasteiger partial charge in [-0.3, -0.25) is 4.79 Å². The van der Waals surface area contributed by atoms with Crippen LogP contribution in [0.5, 0.6) is 5.75 Å². The number of ether oxygens (including phenoxy) is 1. The quantitative estimate of drug-likeness (QED) is 0.742. The van der Waals surface area contributed by atoms with Crippen LogP contribution >= 0.6 is 23.2 Å². The Morgan fingerprint density at radius 1 is 1.18 bits per heavy atom. The minimum Gasteiger partial charge on any atom is -0.489 e. The van der Waals surface area contributed by atoms with Gasteiger partial charge < -0.3 is 10.1 Å². The lowest BCUT2D eigenvalue weighted by Gasteiger charge is -2.18. The van der Waals surface area contributed by atoms with Gasteiger partial charge in [-0.15, -0.1) is 0 Å². The molecule has 0 radical (unpaired) electrons. The molecule has 1 unspecified atom stereocenters. The second-order valence-electron chi connectivity index (χ2n) is 6.52. The first-order valence-corrected chi connectivity index (χ1v) is 10.9. The van der Waals surface area contributed by atoms with E-state index in [9.17, 15) is 13.2 Å². The van der Waals surface area contributed by atoms with Crippen molar-refractivity contribution in [2.45, 2.75) is 30.9 Å². The number of halogens is 2. The number of benzene rings is 2. The maximum Gasteiger partial charge on any atom is 0.243 e. The summed E-state index contributed by atoms with van der Waals surface area (Å²) in [4.78, 5) is 11.2. The number of amides is 1. The molecule has 3 rings (SSSR count). The molecule has 1 atom stereocenters. The second kappa shape index (κ2) is 8.69. The molecule has 0 aromatic heterocycles. The fourth-order valence-corrected chi connectivity index (χ4v) is 4.68. The van der Waals surface area contributed by atoms with Crippen molar-refractivity contribution in [3.8, 4) is 5.75 Å². The Bertz CT molecular complexity index is 964. The molecule has 1 N–H and O–H groups in total. The molecular formula is C19H20Cl2N2O4S. The van der Waals surface area contributed by atoms with E-state index in [1.54, 1.807) is 42.5 Å². The number of rotatable bonds is 6. The minimum atomic E-state index is -3.61. The van der Waals surface area contributed by atoms with Crippen molar-refractivity contribution in [3.05, 3.63) is 58.1 Å². The highest BCUT2D eigenvalue weighted by Gasteiger charge is 2.33. The van der Waals surface area contributed by atoms with Crippen LogP contribution in [0, 0.1) is 0 Å². The topological polar surface area (TPSA) is 75.7 Å². The smallest absolute Gasteiger partial charge is 0.243 e. The van der Waals surface area contributed by atoms with Gasteiger partial charge in [0.2, 0.25) is 15.9 Å². The van der Waals surface area contributed by atoms with E-state index in [1.165, 1.54) is 11.2 Å². The maximum atomic E-state index is 12.9. The lowest BCUT2D eigenvalue weighted by Crippen LogP contribution is -2.31. The maximum absolute atomic E-state index is 12.9. The van der Waals surface area contributed by atoms with Crippen molar-refractivity contribution < 1.29 is 17.9 Å². The molecule has 2 aromatic rings. The van der Waals surface area contributed by atoms with E-state index >= 15 is 0 Å². The van der Waals surface area contributed by atoms with Crippen LogP contribution < -0.4 is 10.1 Å². The van der Waals surface area contributed by atoms with Crippen molar-refractivity contribution in [2.24, 2.45) is 0 Å². The van der Waals surface area contributed by atoms with Gasteiger partial charge in [-0.05, 0) is 36.2 Å². The van der Waals surface area contributed by atoms with E-state index in [4.69, 9.17) is 27.9 Å². The molecule has 0 bridgehead atoms. The van der Waals surface area contributed by atoms with E-state index in [0.29, 0.717) is 35.3 Å². The van der Waals surface area contributed by atoms with Crippen LogP contribution in [0.2, 0.25) is 10.0 Å². The van der Waals surface area contributed by atoms with Gasteiger partial charge in [0.15, 0.2) is 0 Å². The lowest BCUT2D eigenvalue weighted by atomic mass is 10.2. The van der Waals surface area contributed by atoms with Crippen LogP contribution in [0.4, 0.5) is 0 Å². The summed E-state index contributed by atoms with van der Waals surface area (Å²) in [6.45, 7) is 2.43. The molecule has 0 saturated carbocycles. The Balaban J connectivity index is 1.64. The first-order valence-electron chi connectivity index (χ1n) is 8.71. The third kappa shape index (κ3) is 4.97. The van der Waals surface area contributed by atoms with Gasteiger partial charge in [0, 0.05) is 26.1 Å². The number of carbonyl (C=O) groups excluding carboxylic acids is 1. The van der Waals surface area contributed by atoms with Crippen molar-refractivity contribution in [1.82, 2.24) is 9.62 Å². The molecule has 1 aliphatic rings. The van der Waals surface area contributed by atoms with E-state index in [2.05, 4.69) is 5.32 Å². The Kier molecular flexibility index (Phi) is 6.50. The summed E-state index contributed by atoms with van der Waals surface area (Å²) < 4.78 is 33.0. The van der Waals surface area contributed by atoms with Gasteiger partial charge in [0.1, 0.15) is 11.9 Å². The summed E-state index contributed by atoms with van der Waals surface area (Å²) in [5.41, 5.74) is 0.830. The first kappa shape index (κ1) is 20.9. The SMILES string of the molecule is CC(=O)NCc1ccc(S(=O)(=O)N2CCC(Oc3ccc(Cl)c(Cl)c3)C2)cc1. The molecule has 1 amide bonds. The van der Waals surface area contributed by atoms with Crippen molar-refractivity contribution in [2.75, 3.05) is 13.1 Å². The number of hydrogen-bond donors (Lipinski definition) is 1. The van der Waals surface area contributed by atoms with Crippen LogP contribution in [0.25, 0.3) is 0 Å². The van der Waals surface area contributed by atoms with Gasteiger partial charge in [-0.1, -0.05) is 35.3 Å². The Labute approximate surface area is 174 Å². The summed E-state index contributed by atoms with van der Waals surface area (Å²) >= 11 is 11.9. The number of carbonyl (C=O) groups is 1. The second-order valence-corrected chi connectivity index (χ2v) is 9.27. The minimum absolute atomic E-state index is 0.137. The van der Waals surface area contributed by atoms with Gasteiger partial charge in [-0.25, -0.2) is 8.42 Å². The van der Waals surface area contributed by atoms with Crippen LogP contribution in [0.3, 0.4) is 0 Å². The average Bonchev–Trinajstić information content (AvgIpc) is 3.13. The normalized spacial score (nSPS) is 17.5. The molecule has 0 spiro atoms. The van der Waals surface area contributed by atoms with E-state index < -0.39 is 10.0 Å². The van der Waals surface area contributed by atoms with Crippen molar-refractivity contribution in [1.29, 1.82) is 0 Å².